The Morgan fingerprint density at radius 1 is 0.308 bits per heavy atom. The van der Waals surface area contributed by atoms with Crippen LogP contribution in [0, 0.1) is 5.41 Å². The largest absolute Gasteiger partial charge is 0.309 e. The first kappa shape index (κ1) is 39.0. The van der Waals surface area contributed by atoms with Crippen LogP contribution in [0.4, 0.5) is 0 Å². The predicted molar refractivity (Wildman–Crippen MR) is 270 cm³/mol. The average Bonchev–Trinajstić information content (AvgIpc) is 3.88. The smallest absolute Gasteiger partial charge is 0.164 e. The molecule has 3 aromatic heterocycles. The second-order valence-electron chi connectivity index (χ2n) is 19.4. The van der Waals surface area contributed by atoms with E-state index in [1.54, 1.807) is 0 Å². The second-order valence-corrected chi connectivity index (χ2v) is 19.4. The molecule has 0 saturated heterocycles. The van der Waals surface area contributed by atoms with E-state index in [0.717, 1.165) is 33.4 Å². The lowest BCUT2D eigenvalue weighted by atomic mass is 9.59. The quantitative estimate of drug-likeness (QED) is 0.168. The van der Waals surface area contributed by atoms with E-state index in [9.17, 15) is 0 Å². The van der Waals surface area contributed by atoms with Crippen molar-refractivity contribution in [3.8, 4) is 56.7 Å². The lowest BCUT2D eigenvalue weighted by Gasteiger charge is -2.44. The fourth-order valence-electron chi connectivity index (χ4n) is 10.7. The van der Waals surface area contributed by atoms with Gasteiger partial charge in [0.1, 0.15) is 0 Å². The van der Waals surface area contributed by atoms with Gasteiger partial charge < -0.3 is 9.13 Å². The van der Waals surface area contributed by atoms with Gasteiger partial charge in [0.2, 0.25) is 0 Å². The van der Waals surface area contributed by atoms with Crippen LogP contribution in [-0.2, 0) is 10.8 Å². The first-order valence-electron chi connectivity index (χ1n) is 22.7. The highest BCUT2D eigenvalue weighted by molar-refractivity contribution is 6.13. The Kier molecular flexibility index (Phi) is 8.51. The number of hydrogen-bond acceptors (Lipinski definition) is 3. The maximum atomic E-state index is 5.05. The Morgan fingerprint density at radius 3 is 1.34 bits per heavy atom. The molecule has 5 nitrogen and oxygen atoms in total. The molecule has 1 aliphatic rings. The van der Waals surface area contributed by atoms with Crippen molar-refractivity contribution < 1.29 is 0 Å². The molecule has 0 aliphatic heterocycles. The number of rotatable bonds is 6. The minimum absolute atomic E-state index is 0.000888. The molecule has 0 atom stereocenters. The summed E-state index contributed by atoms with van der Waals surface area (Å²) in [5.74, 6) is 1.92. The summed E-state index contributed by atoms with van der Waals surface area (Å²) in [5.41, 5.74) is 15.2. The first-order chi connectivity index (χ1) is 31.5. The molecule has 0 radical (unpaired) electrons. The van der Waals surface area contributed by atoms with Crippen LogP contribution >= 0.6 is 0 Å². The molecule has 0 fully saturated rings. The summed E-state index contributed by atoms with van der Waals surface area (Å²) in [6.45, 7) is 14.6. The molecule has 314 valence electrons. The van der Waals surface area contributed by atoms with E-state index in [0.29, 0.717) is 17.5 Å². The Bertz CT molecular complexity index is 3610. The van der Waals surface area contributed by atoms with Crippen LogP contribution in [0.25, 0.3) is 100 Å². The highest BCUT2D eigenvalue weighted by Crippen LogP contribution is 2.62. The standard InChI is InChI=1S/C60H49N5/c1-58(2)49-36-48-47-35-41(30-32-53(47)64(43-24-14-9-15-25-43)54(48)37-50(49)59(3,4)60(58,5)6)40-29-31-52-46(34-40)45-27-16-17-28-51(45)65(52)44-26-18-23-42(33-44)57-62-55(38-19-10-7-11-20-38)61-56(63-57)39-21-12-8-13-22-39/h7-37H,1-6H3. The second kappa shape index (κ2) is 14.2. The fourth-order valence-corrected chi connectivity index (χ4v) is 10.7. The maximum absolute atomic E-state index is 5.05. The van der Waals surface area contributed by atoms with Gasteiger partial charge in [0, 0.05) is 49.6 Å². The third-order valence-electron chi connectivity index (χ3n) is 15.5. The Hall–Kier alpha value is -7.63. The molecular formula is C60H49N5. The van der Waals surface area contributed by atoms with Crippen LogP contribution in [0.1, 0.15) is 52.7 Å². The van der Waals surface area contributed by atoms with E-state index in [1.807, 2.05) is 60.7 Å². The van der Waals surface area contributed by atoms with Crippen molar-refractivity contribution in [1.29, 1.82) is 0 Å². The number of fused-ring (bicyclic) bond motifs is 7. The molecule has 0 N–H and O–H groups in total. The molecule has 0 saturated carbocycles. The molecule has 0 bridgehead atoms. The lowest BCUT2D eigenvalue weighted by molar-refractivity contribution is 0.125. The molecule has 5 heteroatoms. The number of hydrogen-bond donors (Lipinski definition) is 0. The summed E-state index contributed by atoms with van der Waals surface area (Å²) in [6.07, 6.45) is 0. The van der Waals surface area contributed by atoms with Gasteiger partial charge in [0.05, 0.1) is 22.1 Å². The summed E-state index contributed by atoms with van der Waals surface area (Å²) < 4.78 is 4.84. The predicted octanol–water partition coefficient (Wildman–Crippen LogP) is 15.3. The van der Waals surface area contributed by atoms with E-state index in [4.69, 9.17) is 15.0 Å². The van der Waals surface area contributed by atoms with E-state index >= 15 is 0 Å². The summed E-state index contributed by atoms with van der Waals surface area (Å²) in [4.78, 5) is 15.0. The van der Waals surface area contributed by atoms with Crippen molar-refractivity contribution in [2.75, 3.05) is 0 Å². The van der Waals surface area contributed by atoms with Gasteiger partial charge in [-0.2, -0.15) is 0 Å². The average molecular weight is 840 g/mol. The first-order valence-corrected chi connectivity index (χ1v) is 22.7. The fraction of sp³-hybridized carbons (Fsp3) is 0.150. The third kappa shape index (κ3) is 5.81. The molecule has 0 spiro atoms. The minimum atomic E-state index is -0.000888. The summed E-state index contributed by atoms with van der Waals surface area (Å²) in [5, 5.41) is 4.98. The Labute approximate surface area is 379 Å². The van der Waals surface area contributed by atoms with Gasteiger partial charge in [-0.25, -0.2) is 15.0 Å². The summed E-state index contributed by atoms with van der Waals surface area (Å²) in [6, 6.07) is 67.5. The van der Waals surface area contributed by atoms with Crippen LogP contribution in [0.3, 0.4) is 0 Å². The molecule has 12 rings (SSSR count). The van der Waals surface area contributed by atoms with E-state index in [-0.39, 0.29) is 16.2 Å². The summed E-state index contributed by atoms with van der Waals surface area (Å²) >= 11 is 0. The van der Waals surface area contributed by atoms with E-state index in [2.05, 4.69) is 178 Å². The summed E-state index contributed by atoms with van der Waals surface area (Å²) in [7, 11) is 0. The maximum Gasteiger partial charge on any atom is 0.164 e. The normalized spacial score (nSPS) is 15.0. The number of para-hydroxylation sites is 2. The zero-order chi connectivity index (χ0) is 44.2. The Balaban J connectivity index is 1.01. The van der Waals surface area contributed by atoms with Gasteiger partial charge in [-0.05, 0) is 105 Å². The lowest BCUT2D eigenvalue weighted by Crippen LogP contribution is -2.42. The SMILES string of the molecule is CC1(C)c2cc3c4cc(-c5ccc6c(c5)c5ccccc5n6-c5cccc(-c6nc(-c7ccccc7)nc(-c7ccccc7)n6)c5)ccc4n(-c4ccccc4)c3cc2C(C)(C)C1(C)C. The molecule has 11 aromatic rings. The van der Waals surface area contributed by atoms with E-state index in [1.165, 1.54) is 60.5 Å². The monoisotopic (exact) mass is 839 g/mol. The molecular weight excluding hydrogens is 791 g/mol. The van der Waals surface area contributed by atoms with Crippen molar-refractivity contribution in [3.63, 3.8) is 0 Å². The number of aromatic nitrogens is 5. The number of benzene rings is 8. The van der Waals surface area contributed by atoms with Gasteiger partial charge in [0.25, 0.3) is 0 Å². The Morgan fingerprint density at radius 2 is 0.738 bits per heavy atom. The highest BCUT2D eigenvalue weighted by Gasteiger charge is 2.57. The molecule has 0 unspecified atom stereocenters. The zero-order valence-corrected chi connectivity index (χ0v) is 37.6. The van der Waals surface area contributed by atoms with Crippen molar-refractivity contribution in [2.24, 2.45) is 5.41 Å². The number of nitrogens with zero attached hydrogens (tertiary/aromatic N) is 5. The minimum Gasteiger partial charge on any atom is -0.309 e. The highest BCUT2D eigenvalue weighted by atomic mass is 15.0. The molecule has 8 aromatic carbocycles. The van der Waals surface area contributed by atoms with Gasteiger partial charge >= 0.3 is 0 Å². The van der Waals surface area contributed by atoms with Gasteiger partial charge in [0.15, 0.2) is 17.5 Å². The van der Waals surface area contributed by atoms with Crippen LogP contribution in [0.2, 0.25) is 0 Å². The van der Waals surface area contributed by atoms with Gasteiger partial charge in [-0.3, -0.25) is 0 Å². The third-order valence-corrected chi connectivity index (χ3v) is 15.5. The van der Waals surface area contributed by atoms with Crippen LogP contribution in [-0.4, -0.2) is 24.1 Å². The van der Waals surface area contributed by atoms with Crippen molar-refractivity contribution in [3.05, 3.63) is 199 Å². The van der Waals surface area contributed by atoms with Crippen molar-refractivity contribution in [1.82, 2.24) is 24.1 Å². The molecule has 0 amide bonds. The van der Waals surface area contributed by atoms with E-state index < -0.39 is 0 Å². The topological polar surface area (TPSA) is 48.5 Å². The van der Waals surface area contributed by atoms with Crippen molar-refractivity contribution >= 4 is 43.6 Å². The van der Waals surface area contributed by atoms with Gasteiger partial charge in [-0.15, -0.1) is 0 Å². The van der Waals surface area contributed by atoms with Crippen LogP contribution in [0.15, 0.2) is 188 Å². The van der Waals surface area contributed by atoms with Crippen LogP contribution < -0.4 is 0 Å². The van der Waals surface area contributed by atoms with Crippen LogP contribution in [0.5, 0.6) is 0 Å². The molecule has 3 heterocycles. The van der Waals surface area contributed by atoms with Crippen molar-refractivity contribution in [2.45, 2.75) is 52.4 Å². The zero-order valence-electron chi connectivity index (χ0n) is 37.6. The molecule has 1 aliphatic carbocycles. The molecule has 65 heavy (non-hydrogen) atoms. The van der Waals surface area contributed by atoms with Gasteiger partial charge in [-0.1, -0.05) is 163 Å².